The van der Waals surface area contributed by atoms with E-state index >= 15 is 0 Å². The number of alkyl halides is 3. The molecule has 0 saturated heterocycles. The van der Waals surface area contributed by atoms with Crippen molar-refractivity contribution in [3.63, 3.8) is 0 Å². The molecule has 1 aliphatic rings. The molecule has 0 aliphatic heterocycles. The lowest BCUT2D eigenvalue weighted by molar-refractivity contribution is -0.274. The Labute approximate surface area is 161 Å². The highest BCUT2D eigenvalue weighted by Gasteiger charge is 2.31. The van der Waals surface area contributed by atoms with E-state index in [-0.39, 0.29) is 29.4 Å². The van der Waals surface area contributed by atoms with Crippen LogP contribution in [0.1, 0.15) is 25.7 Å². The molecule has 1 aliphatic carbocycles. The predicted octanol–water partition coefficient (Wildman–Crippen LogP) is 1.67. The van der Waals surface area contributed by atoms with Gasteiger partial charge in [-0.25, -0.2) is 13.1 Å². The van der Waals surface area contributed by atoms with Crippen molar-refractivity contribution in [2.24, 2.45) is 5.73 Å². The van der Waals surface area contributed by atoms with E-state index in [2.05, 4.69) is 14.8 Å². The SMILES string of the molecule is Cl.NC1CCC(NC(=O)CNS(=O)(=O)c2ccc(OC(F)(F)F)cc2)CC1. The number of ether oxygens (including phenoxy) is 1. The number of hydrogen-bond acceptors (Lipinski definition) is 5. The first kappa shape index (κ1) is 23.5. The van der Waals surface area contributed by atoms with Crippen molar-refractivity contribution in [3.05, 3.63) is 24.3 Å². The first-order valence-corrected chi connectivity index (χ1v) is 9.44. The van der Waals surface area contributed by atoms with Gasteiger partial charge in [0.05, 0.1) is 11.4 Å². The number of carbonyl (C=O) groups excluding carboxylic acids is 1. The summed E-state index contributed by atoms with van der Waals surface area (Å²) in [7, 11) is -4.03. The molecule has 1 aromatic carbocycles. The molecule has 1 fully saturated rings. The largest absolute Gasteiger partial charge is 0.573 e. The van der Waals surface area contributed by atoms with Crippen molar-refractivity contribution >= 4 is 28.3 Å². The van der Waals surface area contributed by atoms with Crippen molar-refractivity contribution in [1.82, 2.24) is 10.0 Å². The summed E-state index contributed by atoms with van der Waals surface area (Å²) in [6.07, 6.45) is -1.80. The summed E-state index contributed by atoms with van der Waals surface area (Å²) in [4.78, 5) is 11.6. The highest BCUT2D eigenvalue weighted by atomic mass is 35.5. The molecule has 1 saturated carbocycles. The number of benzene rings is 1. The predicted molar refractivity (Wildman–Crippen MR) is 93.9 cm³/mol. The molecule has 12 heteroatoms. The summed E-state index contributed by atoms with van der Waals surface area (Å²) in [6, 6.07) is 3.78. The summed E-state index contributed by atoms with van der Waals surface area (Å²) in [5.74, 6) is -1.02. The van der Waals surface area contributed by atoms with Crippen LogP contribution < -0.4 is 20.5 Å². The average Bonchev–Trinajstić information content (AvgIpc) is 2.54. The second-order valence-electron chi connectivity index (χ2n) is 6.02. The Kier molecular flexibility index (Phi) is 8.33. The molecule has 0 heterocycles. The van der Waals surface area contributed by atoms with Crippen LogP contribution in [0.4, 0.5) is 13.2 Å². The van der Waals surface area contributed by atoms with Crippen LogP contribution in [0, 0.1) is 0 Å². The van der Waals surface area contributed by atoms with Gasteiger partial charge in [-0.1, -0.05) is 0 Å². The van der Waals surface area contributed by atoms with Gasteiger partial charge in [0.1, 0.15) is 5.75 Å². The second kappa shape index (κ2) is 9.58. The van der Waals surface area contributed by atoms with Crippen LogP contribution in [0.15, 0.2) is 29.2 Å². The fraction of sp³-hybridized carbons (Fsp3) is 0.533. The number of halogens is 4. The standard InChI is InChI=1S/C15H20F3N3O4S.ClH/c16-15(17,18)25-12-5-7-13(8-6-12)26(23,24)20-9-14(22)21-11-3-1-10(19)2-4-11;/h5-8,10-11,20H,1-4,9,19H2,(H,21,22);1H. The van der Waals surface area contributed by atoms with Gasteiger partial charge in [-0.15, -0.1) is 25.6 Å². The number of hydrogen-bond donors (Lipinski definition) is 3. The molecule has 0 unspecified atom stereocenters. The van der Waals surface area contributed by atoms with Crippen LogP contribution in [0.3, 0.4) is 0 Å². The third kappa shape index (κ3) is 7.91. The molecule has 7 nitrogen and oxygen atoms in total. The minimum atomic E-state index is -4.86. The first-order chi connectivity index (χ1) is 12.0. The quantitative estimate of drug-likeness (QED) is 0.634. The Hall–Kier alpha value is -1.56. The molecule has 0 aromatic heterocycles. The van der Waals surface area contributed by atoms with Crippen LogP contribution >= 0.6 is 12.4 Å². The lowest BCUT2D eigenvalue weighted by Gasteiger charge is -2.26. The fourth-order valence-corrected chi connectivity index (χ4v) is 3.59. The monoisotopic (exact) mass is 431 g/mol. The normalized spacial score (nSPS) is 20.4. The van der Waals surface area contributed by atoms with E-state index in [4.69, 9.17) is 5.73 Å². The van der Waals surface area contributed by atoms with Crippen molar-refractivity contribution in [3.8, 4) is 5.75 Å². The van der Waals surface area contributed by atoms with Gasteiger partial charge in [0.15, 0.2) is 0 Å². The van der Waals surface area contributed by atoms with E-state index in [1.165, 1.54) is 0 Å². The summed E-state index contributed by atoms with van der Waals surface area (Å²) in [5, 5.41) is 2.73. The van der Waals surface area contributed by atoms with Gasteiger partial charge in [-0.05, 0) is 49.9 Å². The van der Waals surface area contributed by atoms with E-state index in [0.29, 0.717) is 0 Å². The number of nitrogens with two attached hydrogens (primary N) is 1. The second-order valence-corrected chi connectivity index (χ2v) is 7.79. The zero-order chi connectivity index (χ0) is 19.4. The van der Waals surface area contributed by atoms with Crippen molar-refractivity contribution in [2.45, 2.75) is 49.0 Å². The molecule has 0 bridgehead atoms. The van der Waals surface area contributed by atoms with Crippen LogP contribution in [-0.2, 0) is 14.8 Å². The fourth-order valence-electron chi connectivity index (χ4n) is 2.61. The first-order valence-electron chi connectivity index (χ1n) is 7.95. The van der Waals surface area contributed by atoms with Crippen LogP contribution in [0.2, 0.25) is 0 Å². The van der Waals surface area contributed by atoms with E-state index in [1.807, 2.05) is 0 Å². The van der Waals surface area contributed by atoms with Gasteiger partial charge in [0, 0.05) is 12.1 Å². The Bertz CT molecular complexity index is 721. The molecule has 2 rings (SSSR count). The van der Waals surface area contributed by atoms with E-state index in [0.717, 1.165) is 49.9 Å². The highest BCUT2D eigenvalue weighted by Crippen LogP contribution is 2.23. The smallest absolute Gasteiger partial charge is 0.406 e. The van der Waals surface area contributed by atoms with Crippen LogP contribution in [0.5, 0.6) is 5.75 Å². The van der Waals surface area contributed by atoms with Gasteiger partial charge in [0.2, 0.25) is 15.9 Å². The van der Waals surface area contributed by atoms with Crippen molar-refractivity contribution < 1.29 is 31.1 Å². The third-order valence-corrected chi connectivity index (χ3v) is 5.34. The van der Waals surface area contributed by atoms with E-state index < -0.39 is 34.6 Å². The van der Waals surface area contributed by atoms with Crippen LogP contribution in [-0.4, -0.2) is 39.3 Å². The minimum Gasteiger partial charge on any atom is -0.406 e. The molecule has 27 heavy (non-hydrogen) atoms. The molecule has 0 atom stereocenters. The third-order valence-electron chi connectivity index (χ3n) is 3.93. The number of nitrogens with one attached hydrogen (secondary N) is 2. The Morgan fingerprint density at radius 1 is 1.15 bits per heavy atom. The molecule has 0 radical (unpaired) electrons. The number of rotatable bonds is 6. The molecule has 4 N–H and O–H groups in total. The molecule has 0 spiro atoms. The van der Waals surface area contributed by atoms with E-state index in [1.54, 1.807) is 0 Å². The average molecular weight is 432 g/mol. The van der Waals surface area contributed by atoms with Gasteiger partial charge in [-0.3, -0.25) is 4.79 Å². The highest BCUT2D eigenvalue weighted by molar-refractivity contribution is 7.89. The number of carbonyl (C=O) groups is 1. The number of amides is 1. The van der Waals surface area contributed by atoms with Gasteiger partial charge in [0.25, 0.3) is 0 Å². The summed E-state index contributed by atoms with van der Waals surface area (Å²) in [6.45, 7) is -0.467. The maximum atomic E-state index is 12.1. The Morgan fingerprint density at radius 3 is 2.22 bits per heavy atom. The maximum Gasteiger partial charge on any atom is 0.573 e. The topological polar surface area (TPSA) is 111 Å². The van der Waals surface area contributed by atoms with Gasteiger partial charge in [-0.2, -0.15) is 0 Å². The molecule has 1 amide bonds. The van der Waals surface area contributed by atoms with Crippen LogP contribution in [0.25, 0.3) is 0 Å². The van der Waals surface area contributed by atoms with E-state index in [9.17, 15) is 26.4 Å². The molecular formula is C15H21ClF3N3O4S. The zero-order valence-corrected chi connectivity index (χ0v) is 15.8. The molecule has 154 valence electrons. The lowest BCUT2D eigenvalue weighted by Crippen LogP contribution is -2.44. The zero-order valence-electron chi connectivity index (χ0n) is 14.2. The summed E-state index contributed by atoms with van der Waals surface area (Å²) >= 11 is 0. The maximum absolute atomic E-state index is 12.1. The molecule has 1 aromatic rings. The van der Waals surface area contributed by atoms with Gasteiger partial charge >= 0.3 is 6.36 Å². The Morgan fingerprint density at radius 2 is 1.70 bits per heavy atom. The Balaban J connectivity index is 0.00000364. The molecular weight excluding hydrogens is 411 g/mol. The lowest BCUT2D eigenvalue weighted by atomic mass is 9.92. The summed E-state index contributed by atoms with van der Waals surface area (Å²) in [5.41, 5.74) is 5.78. The van der Waals surface area contributed by atoms with Crippen molar-refractivity contribution in [2.75, 3.05) is 6.54 Å². The van der Waals surface area contributed by atoms with Gasteiger partial charge < -0.3 is 15.8 Å². The van der Waals surface area contributed by atoms with Crippen molar-refractivity contribution in [1.29, 1.82) is 0 Å². The number of sulfonamides is 1. The minimum absolute atomic E-state index is 0. The summed E-state index contributed by atoms with van der Waals surface area (Å²) < 4.78 is 66.3.